The maximum absolute atomic E-state index is 12.6. The van der Waals surface area contributed by atoms with E-state index in [-0.39, 0.29) is 24.3 Å². The molecule has 0 aliphatic carbocycles. The topological polar surface area (TPSA) is 71.2 Å². The first-order valence-corrected chi connectivity index (χ1v) is 8.06. The number of aliphatic hydroxyl groups is 1. The van der Waals surface area contributed by atoms with E-state index < -0.39 is 0 Å². The molecular weight excluding hydrogens is 316 g/mol. The number of nitrogens with zero attached hydrogens (tertiary/aromatic N) is 4. The Labute approximate surface area is 139 Å². The van der Waals surface area contributed by atoms with Crippen molar-refractivity contribution >= 4 is 17.5 Å². The summed E-state index contributed by atoms with van der Waals surface area (Å²) in [4.78, 5) is 18.6. The third kappa shape index (κ3) is 3.38. The number of benzene rings is 1. The third-order valence-electron chi connectivity index (χ3n) is 4.10. The second-order valence-corrected chi connectivity index (χ2v) is 6.25. The van der Waals surface area contributed by atoms with E-state index in [0.717, 1.165) is 18.5 Å². The average molecular weight is 335 g/mol. The summed E-state index contributed by atoms with van der Waals surface area (Å²) in [5, 5.41) is 14.3. The SMILES string of the molecule is Cc1nc(C(=O)N2CCCC(CO)C2)nn1-c1ccc(Cl)cc1. The first kappa shape index (κ1) is 16.0. The van der Waals surface area contributed by atoms with Crippen molar-refractivity contribution in [2.75, 3.05) is 19.7 Å². The van der Waals surface area contributed by atoms with E-state index in [0.29, 0.717) is 23.9 Å². The number of carbonyl (C=O) groups is 1. The number of hydrogen-bond donors (Lipinski definition) is 1. The van der Waals surface area contributed by atoms with E-state index in [9.17, 15) is 9.90 Å². The van der Waals surface area contributed by atoms with Crippen molar-refractivity contribution in [3.63, 3.8) is 0 Å². The van der Waals surface area contributed by atoms with Crippen LogP contribution in [0.4, 0.5) is 0 Å². The van der Waals surface area contributed by atoms with Crippen molar-refractivity contribution < 1.29 is 9.90 Å². The minimum Gasteiger partial charge on any atom is -0.396 e. The molecule has 23 heavy (non-hydrogen) atoms. The zero-order valence-electron chi connectivity index (χ0n) is 12.9. The zero-order valence-corrected chi connectivity index (χ0v) is 13.7. The van der Waals surface area contributed by atoms with Gasteiger partial charge in [-0.3, -0.25) is 4.79 Å². The van der Waals surface area contributed by atoms with Crippen molar-refractivity contribution in [3.8, 4) is 5.69 Å². The molecule has 2 aromatic rings. The van der Waals surface area contributed by atoms with Gasteiger partial charge in [-0.2, -0.15) is 0 Å². The molecule has 7 heteroatoms. The van der Waals surface area contributed by atoms with Gasteiger partial charge in [0.2, 0.25) is 5.82 Å². The number of aliphatic hydroxyl groups excluding tert-OH is 1. The number of aryl methyl sites for hydroxylation is 1. The highest BCUT2D eigenvalue weighted by atomic mass is 35.5. The molecule has 1 aliphatic rings. The number of carbonyl (C=O) groups excluding carboxylic acids is 1. The Morgan fingerprint density at radius 2 is 2.13 bits per heavy atom. The molecule has 0 saturated carbocycles. The van der Waals surface area contributed by atoms with Crippen molar-refractivity contribution in [3.05, 3.63) is 40.9 Å². The molecule has 0 radical (unpaired) electrons. The van der Waals surface area contributed by atoms with Gasteiger partial charge in [-0.15, -0.1) is 5.10 Å². The normalized spacial score (nSPS) is 18.2. The number of rotatable bonds is 3. The van der Waals surface area contributed by atoms with Crippen LogP contribution in [-0.4, -0.2) is 50.4 Å². The molecule has 1 atom stereocenters. The zero-order chi connectivity index (χ0) is 16.4. The monoisotopic (exact) mass is 334 g/mol. The van der Waals surface area contributed by atoms with E-state index in [1.54, 1.807) is 21.7 Å². The highest BCUT2D eigenvalue weighted by molar-refractivity contribution is 6.30. The molecule has 1 aromatic carbocycles. The number of amides is 1. The van der Waals surface area contributed by atoms with E-state index in [1.807, 2.05) is 19.1 Å². The second-order valence-electron chi connectivity index (χ2n) is 5.81. The van der Waals surface area contributed by atoms with Gasteiger partial charge in [0.05, 0.1) is 5.69 Å². The van der Waals surface area contributed by atoms with Crippen LogP contribution >= 0.6 is 11.6 Å². The molecule has 1 saturated heterocycles. The van der Waals surface area contributed by atoms with Crippen LogP contribution in [0.1, 0.15) is 29.3 Å². The minimum absolute atomic E-state index is 0.107. The third-order valence-corrected chi connectivity index (χ3v) is 4.35. The summed E-state index contributed by atoms with van der Waals surface area (Å²) >= 11 is 5.90. The summed E-state index contributed by atoms with van der Waals surface area (Å²) in [6.45, 7) is 3.16. The van der Waals surface area contributed by atoms with Gasteiger partial charge in [0.1, 0.15) is 5.82 Å². The van der Waals surface area contributed by atoms with E-state index in [1.165, 1.54) is 0 Å². The molecule has 1 aliphatic heterocycles. The second kappa shape index (κ2) is 6.68. The van der Waals surface area contributed by atoms with Crippen LogP contribution < -0.4 is 0 Å². The predicted molar refractivity (Wildman–Crippen MR) is 86.8 cm³/mol. The number of piperidine rings is 1. The number of likely N-dealkylation sites (tertiary alicyclic amines) is 1. The Kier molecular flexibility index (Phi) is 4.63. The predicted octanol–water partition coefficient (Wildman–Crippen LogP) is 2.07. The Morgan fingerprint density at radius 3 is 2.83 bits per heavy atom. The van der Waals surface area contributed by atoms with Crippen LogP contribution in [0.3, 0.4) is 0 Å². The fourth-order valence-corrected chi connectivity index (χ4v) is 2.97. The molecule has 1 N–H and O–H groups in total. The summed E-state index contributed by atoms with van der Waals surface area (Å²) in [6.07, 6.45) is 1.85. The van der Waals surface area contributed by atoms with Crippen LogP contribution in [0.15, 0.2) is 24.3 Å². The van der Waals surface area contributed by atoms with E-state index >= 15 is 0 Å². The van der Waals surface area contributed by atoms with Gasteiger partial charge in [-0.05, 0) is 49.9 Å². The summed E-state index contributed by atoms with van der Waals surface area (Å²) < 4.78 is 1.64. The first-order chi connectivity index (χ1) is 11.1. The quantitative estimate of drug-likeness (QED) is 0.932. The van der Waals surface area contributed by atoms with Crippen LogP contribution in [0.2, 0.25) is 5.02 Å². The maximum atomic E-state index is 12.6. The minimum atomic E-state index is -0.182. The fraction of sp³-hybridized carbons (Fsp3) is 0.438. The Morgan fingerprint density at radius 1 is 1.39 bits per heavy atom. The van der Waals surface area contributed by atoms with Crippen LogP contribution in [-0.2, 0) is 0 Å². The van der Waals surface area contributed by atoms with Gasteiger partial charge in [0.25, 0.3) is 5.91 Å². The van der Waals surface area contributed by atoms with Gasteiger partial charge in [-0.25, -0.2) is 9.67 Å². The molecule has 0 bridgehead atoms. The summed E-state index contributed by atoms with van der Waals surface area (Å²) in [5.74, 6) is 0.800. The van der Waals surface area contributed by atoms with Crippen molar-refractivity contribution in [2.45, 2.75) is 19.8 Å². The smallest absolute Gasteiger partial charge is 0.293 e. The lowest BCUT2D eigenvalue weighted by molar-refractivity contribution is 0.0609. The Bertz CT molecular complexity index is 699. The number of aromatic nitrogens is 3. The van der Waals surface area contributed by atoms with Gasteiger partial charge < -0.3 is 10.0 Å². The molecule has 1 unspecified atom stereocenters. The van der Waals surface area contributed by atoms with Gasteiger partial charge in [0, 0.05) is 24.7 Å². The summed E-state index contributed by atoms with van der Waals surface area (Å²) in [7, 11) is 0. The van der Waals surface area contributed by atoms with Crippen molar-refractivity contribution in [1.29, 1.82) is 0 Å². The first-order valence-electron chi connectivity index (χ1n) is 7.68. The van der Waals surface area contributed by atoms with Gasteiger partial charge in [0.15, 0.2) is 0 Å². The van der Waals surface area contributed by atoms with Gasteiger partial charge in [-0.1, -0.05) is 11.6 Å². The van der Waals surface area contributed by atoms with Gasteiger partial charge >= 0.3 is 0 Å². The molecule has 6 nitrogen and oxygen atoms in total. The lowest BCUT2D eigenvalue weighted by Crippen LogP contribution is -2.41. The van der Waals surface area contributed by atoms with Crippen molar-refractivity contribution in [2.24, 2.45) is 5.92 Å². The molecule has 122 valence electrons. The summed E-state index contributed by atoms with van der Waals surface area (Å²) in [5.41, 5.74) is 0.810. The Hall–Kier alpha value is -1.92. The van der Waals surface area contributed by atoms with Crippen LogP contribution in [0, 0.1) is 12.8 Å². The lowest BCUT2D eigenvalue weighted by atomic mass is 9.99. The van der Waals surface area contributed by atoms with Crippen molar-refractivity contribution in [1.82, 2.24) is 19.7 Å². The maximum Gasteiger partial charge on any atom is 0.293 e. The average Bonchev–Trinajstić information content (AvgIpc) is 2.97. The largest absolute Gasteiger partial charge is 0.396 e. The van der Waals surface area contributed by atoms with E-state index in [4.69, 9.17) is 11.6 Å². The molecule has 1 amide bonds. The van der Waals surface area contributed by atoms with Crippen LogP contribution in [0.5, 0.6) is 0 Å². The summed E-state index contributed by atoms with van der Waals surface area (Å²) in [6, 6.07) is 7.22. The standard InChI is InChI=1S/C16H19ClN4O2/c1-11-18-15(16(23)20-8-2-3-12(9-20)10-22)19-21(11)14-6-4-13(17)5-7-14/h4-7,12,22H,2-3,8-10H2,1H3. The molecule has 1 fully saturated rings. The molecule has 2 heterocycles. The molecule has 0 spiro atoms. The molecule has 1 aromatic heterocycles. The lowest BCUT2D eigenvalue weighted by Gasteiger charge is -2.30. The van der Waals surface area contributed by atoms with Crippen LogP contribution in [0.25, 0.3) is 5.69 Å². The molecule has 3 rings (SSSR count). The Balaban J connectivity index is 1.82. The van der Waals surface area contributed by atoms with E-state index in [2.05, 4.69) is 10.1 Å². The number of hydrogen-bond acceptors (Lipinski definition) is 4. The number of halogens is 1. The highest BCUT2D eigenvalue weighted by Gasteiger charge is 2.27. The highest BCUT2D eigenvalue weighted by Crippen LogP contribution is 2.18. The molecular formula is C16H19ClN4O2. The fourth-order valence-electron chi connectivity index (χ4n) is 2.85.